The van der Waals surface area contributed by atoms with E-state index in [0.29, 0.717) is 12.6 Å². The zero-order valence-corrected chi connectivity index (χ0v) is 11.3. The standard InChI is InChI=1S/C11H19N3O2S/c1-8(4-5-14(2)3)12-6-9-7-17-10(13-9)11(15)16/h7-8,12H,4-6H2,1-3H3,(H,15,16). The molecule has 5 nitrogen and oxygen atoms in total. The Morgan fingerprint density at radius 1 is 1.65 bits per heavy atom. The van der Waals surface area contributed by atoms with Crippen molar-refractivity contribution in [2.24, 2.45) is 0 Å². The molecule has 6 heteroatoms. The van der Waals surface area contributed by atoms with Gasteiger partial charge in [0.25, 0.3) is 0 Å². The number of thiazole rings is 1. The van der Waals surface area contributed by atoms with Crippen LogP contribution in [0.2, 0.25) is 0 Å². The Morgan fingerprint density at radius 2 is 2.35 bits per heavy atom. The number of aromatic carboxylic acids is 1. The number of nitrogens with one attached hydrogen (secondary N) is 1. The van der Waals surface area contributed by atoms with Crippen LogP contribution in [0, 0.1) is 0 Å². The van der Waals surface area contributed by atoms with Crippen molar-refractivity contribution in [3.8, 4) is 0 Å². The van der Waals surface area contributed by atoms with Gasteiger partial charge in [0, 0.05) is 18.0 Å². The van der Waals surface area contributed by atoms with E-state index in [9.17, 15) is 4.79 Å². The molecule has 0 bridgehead atoms. The van der Waals surface area contributed by atoms with Crippen molar-refractivity contribution in [1.29, 1.82) is 0 Å². The van der Waals surface area contributed by atoms with Gasteiger partial charge < -0.3 is 15.3 Å². The van der Waals surface area contributed by atoms with E-state index in [1.165, 1.54) is 11.3 Å². The third kappa shape index (κ3) is 5.25. The van der Waals surface area contributed by atoms with Crippen molar-refractivity contribution >= 4 is 17.3 Å². The SMILES string of the molecule is CC(CCN(C)C)NCc1csc(C(=O)O)n1. The summed E-state index contributed by atoms with van der Waals surface area (Å²) in [6.45, 7) is 3.78. The average Bonchev–Trinajstić information content (AvgIpc) is 2.72. The highest BCUT2D eigenvalue weighted by Gasteiger charge is 2.09. The van der Waals surface area contributed by atoms with Gasteiger partial charge in [0.1, 0.15) is 0 Å². The van der Waals surface area contributed by atoms with Crippen molar-refractivity contribution in [2.75, 3.05) is 20.6 Å². The number of hydrogen-bond acceptors (Lipinski definition) is 5. The van der Waals surface area contributed by atoms with Gasteiger partial charge in [-0.15, -0.1) is 11.3 Å². The van der Waals surface area contributed by atoms with Crippen LogP contribution in [-0.4, -0.2) is 47.6 Å². The zero-order valence-electron chi connectivity index (χ0n) is 10.4. The highest BCUT2D eigenvalue weighted by molar-refractivity contribution is 7.11. The molecule has 0 spiro atoms. The predicted octanol–water partition coefficient (Wildman–Crippen LogP) is 1.27. The number of rotatable bonds is 7. The molecule has 96 valence electrons. The van der Waals surface area contributed by atoms with Gasteiger partial charge in [-0.25, -0.2) is 9.78 Å². The van der Waals surface area contributed by atoms with E-state index in [4.69, 9.17) is 5.11 Å². The molecule has 1 aromatic rings. The maximum atomic E-state index is 10.7. The maximum absolute atomic E-state index is 10.7. The van der Waals surface area contributed by atoms with Crippen LogP contribution in [0.1, 0.15) is 28.8 Å². The third-order valence-electron chi connectivity index (χ3n) is 2.38. The monoisotopic (exact) mass is 257 g/mol. The van der Waals surface area contributed by atoms with Gasteiger partial charge in [-0.05, 0) is 34.0 Å². The minimum atomic E-state index is -0.957. The summed E-state index contributed by atoms with van der Waals surface area (Å²) in [4.78, 5) is 16.8. The second-order valence-electron chi connectivity index (χ2n) is 4.32. The molecule has 0 aliphatic heterocycles. The number of carboxylic acids is 1. The molecule has 0 saturated heterocycles. The average molecular weight is 257 g/mol. The van der Waals surface area contributed by atoms with Gasteiger partial charge >= 0.3 is 5.97 Å². The molecule has 0 aliphatic carbocycles. The van der Waals surface area contributed by atoms with Gasteiger partial charge in [-0.3, -0.25) is 0 Å². The Hall–Kier alpha value is -0.980. The molecule has 0 saturated carbocycles. The zero-order chi connectivity index (χ0) is 12.8. The van der Waals surface area contributed by atoms with Crippen LogP contribution in [0.25, 0.3) is 0 Å². The first-order chi connectivity index (χ1) is 7.99. The number of hydrogen-bond donors (Lipinski definition) is 2. The highest BCUT2D eigenvalue weighted by atomic mass is 32.1. The molecule has 1 rings (SSSR count). The summed E-state index contributed by atoms with van der Waals surface area (Å²) in [5.41, 5.74) is 0.795. The summed E-state index contributed by atoms with van der Waals surface area (Å²) in [7, 11) is 4.10. The molecule has 1 aromatic heterocycles. The van der Waals surface area contributed by atoms with E-state index in [-0.39, 0.29) is 5.01 Å². The molecule has 0 radical (unpaired) electrons. The highest BCUT2D eigenvalue weighted by Crippen LogP contribution is 2.09. The van der Waals surface area contributed by atoms with Crippen molar-refractivity contribution in [2.45, 2.75) is 25.9 Å². The van der Waals surface area contributed by atoms with Gasteiger partial charge in [0.05, 0.1) is 5.69 Å². The van der Waals surface area contributed by atoms with Crippen molar-refractivity contribution in [1.82, 2.24) is 15.2 Å². The molecule has 0 fully saturated rings. The van der Waals surface area contributed by atoms with Crippen LogP contribution in [-0.2, 0) is 6.54 Å². The molecular formula is C11H19N3O2S. The molecule has 1 unspecified atom stereocenters. The fourth-order valence-corrected chi connectivity index (χ4v) is 1.97. The summed E-state index contributed by atoms with van der Waals surface area (Å²) in [6, 6.07) is 0.396. The Morgan fingerprint density at radius 3 is 2.88 bits per heavy atom. The molecule has 0 amide bonds. The Bertz CT molecular complexity index is 365. The topological polar surface area (TPSA) is 65.5 Å². The predicted molar refractivity (Wildman–Crippen MR) is 68.5 cm³/mol. The quantitative estimate of drug-likeness (QED) is 0.770. The summed E-state index contributed by atoms with van der Waals surface area (Å²) in [5.74, 6) is -0.957. The molecule has 1 atom stereocenters. The molecule has 0 aromatic carbocycles. The van der Waals surface area contributed by atoms with E-state index in [2.05, 4.69) is 22.1 Å². The van der Waals surface area contributed by atoms with Crippen LogP contribution in [0.4, 0.5) is 0 Å². The van der Waals surface area contributed by atoms with Crippen molar-refractivity contribution < 1.29 is 9.90 Å². The van der Waals surface area contributed by atoms with Crippen molar-refractivity contribution in [3.63, 3.8) is 0 Å². The lowest BCUT2D eigenvalue weighted by Gasteiger charge is -2.15. The number of aromatic nitrogens is 1. The fourth-order valence-electron chi connectivity index (χ4n) is 1.32. The van der Waals surface area contributed by atoms with Gasteiger partial charge in [0.15, 0.2) is 0 Å². The summed E-state index contributed by atoms with van der Waals surface area (Å²) in [5, 5.41) is 14.0. The minimum Gasteiger partial charge on any atom is -0.476 e. The lowest BCUT2D eigenvalue weighted by molar-refractivity contribution is 0.0696. The van der Waals surface area contributed by atoms with E-state index >= 15 is 0 Å². The number of nitrogens with zero attached hydrogens (tertiary/aromatic N) is 2. The fraction of sp³-hybridized carbons (Fsp3) is 0.636. The second kappa shape index (κ2) is 6.68. The Kier molecular flexibility index (Phi) is 5.54. The van der Waals surface area contributed by atoms with Crippen molar-refractivity contribution in [3.05, 3.63) is 16.1 Å². The van der Waals surface area contributed by atoms with Gasteiger partial charge in [-0.2, -0.15) is 0 Å². The first-order valence-electron chi connectivity index (χ1n) is 5.55. The van der Waals surface area contributed by atoms with E-state index in [1.807, 2.05) is 14.1 Å². The summed E-state index contributed by atoms with van der Waals surface area (Å²) >= 11 is 1.17. The molecule has 1 heterocycles. The van der Waals surface area contributed by atoms with Crippen LogP contribution < -0.4 is 5.32 Å². The Labute approximate surface area is 105 Å². The van der Waals surface area contributed by atoms with E-state index in [0.717, 1.165) is 18.7 Å². The smallest absolute Gasteiger partial charge is 0.365 e. The van der Waals surface area contributed by atoms with Gasteiger partial charge in [0.2, 0.25) is 5.01 Å². The van der Waals surface area contributed by atoms with Crippen LogP contribution in [0.3, 0.4) is 0 Å². The van der Waals surface area contributed by atoms with E-state index in [1.54, 1.807) is 5.38 Å². The maximum Gasteiger partial charge on any atom is 0.365 e. The third-order valence-corrected chi connectivity index (χ3v) is 3.25. The van der Waals surface area contributed by atoms with E-state index < -0.39 is 5.97 Å². The van der Waals surface area contributed by atoms with Crippen LogP contribution in [0.5, 0.6) is 0 Å². The molecule has 17 heavy (non-hydrogen) atoms. The lowest BCUT2D eigenvalue weighted by atomic mass is 10.2. The summed E-state index contributed by atoms with van der Waals surface area (Å²) < 4.78 is 0. The lowest BCUT2D eigenvalue weighted by Crippen LogP contribution is -2.29. The number of carboxylic acid groups (broad SMARTS) is 1. The van der Waals surface area contributed by atoms with Gasteiger partial charge in [-0.1, -0.05) is 0 Å². The Balaban J connectivity index is 2.31. The second-order valence-corrected chi connectivity index (χ2v) is 5.18. The largest absolute Gasteiger partial charge is 0.476 e. The normalized spacial score (nSPS) is 12.9. The number of carbonyl (C=O) groups is 1. The molecular weight excluding hydrogens is 238 g/mol. The first-order valence-corrected chi connectivity index (χ1v) is 6.43. The molecule has 2 N–H and O–H groups in total. The summed E-state index contributed by atoms with van der Waals surface area (Å²) in [6.07, 6.45) is 1.06. The van der Waals surface area contributed by atoms with Crippen LogP contribution >= 0.6 is 11.3 Å². The molecule has 0 aliphatic rings. The minimum absolute atomic E-state index is 0.155. The first kappa shape index (κ1) is 14.1. The van der Waals surface area contributed by atoms with Crippen LogP contribution in [0.15, 0.2) is 5.38 Å².